The fourth-order valence-electron chi connectivity index (χ4n) is 3.15. The first-order valence-electron chi connectivity index (χ1n) is 10.1. The summed E-state index contributed by atoms with van der Waals surface area (Å²) in [5.74, 6) is 0.448. The standard InChI is InChI=1S/C24H28N2O5S/c1-24(2,3)31-23(27)25(4)16-18-14-22(19-10-7-6-8-11-19)26(17-18)32(28,29)21-13-9-12-20(15-21)30-5/h6-15,17H,16H2,1-5H3. The molecule has 32 heavy (non-hydrogen) atoms. The highest BCUT2D eigenvalue weighted by atomic mass is 32.2. The average molecular weight is 457 g/mol. The maximum Gasteiger partial charge on any atom is 0.410 e. The predicted molar refractivity (Wildman–Crippen MR) is 123 cm³/mol. The molecule has 2 aromatic carbocycles. The molecule has 0 atom stereocenters. The molecule has 170 valence electrons. The van der Waals surface area contributed by atoms with Gasteiger partial charge in [0, 0.05) is 19.3 Å². The maximum atomic E-state index is 13.5. The van der Waals surface area contributed by atoms with E-state index in [0.29, 0.717) is 17.0 Å². The summed E-state index contributed by atoms with van der Waals surface area (Å²) in [5.41, 5.74) is 1.28. The van der Waals surface area contributed by atoms with Crippen LogP contribution in [0, 0.1) is 0 Å². The van der Waals surface area contributed by atoms with Crippen molar-refractivity contribution in [3.63, 3.8) is 0 Å². The topological polar surface area (TPSA) is 77.8 Å². The molecule has 0 N–H and O–H groups in total. The van der Waals surface area contributed by atoms with Crippen LogP contribution in [0.4, 0.5) is 4.79 Å². The van der Waals surface area contributed by atoms with E-state index in [1.807, 2.05) is 30.3 Å². The highest BCUT2D eigenvalue weighted by molar-refractivity contribution is 7.90. The highest BCUT2D eigenvalue weighted by Crippen LogP contribution is 2.29. The zero-order chi connectivity index (χ0) is 23.5. The van der Waals surface area contributed by atoms with E-state index in [0.717, 1.165) is 5.56 Å². The van der Waals surface area contributed by atoms with Crippen molar-refractivity contribution in [3.8, 4) is 17.0 Å². The molecule has 0 spiro atoms. The number of hydrogen-bond donors (Lipinski definition) is 0. The second kappa shape index (κ2) is 9.08. The number of hydrogen-bond acceptors (Lipinski definition) is 5. The summed E-state index contributed by atoms with van der Waals surface area (Å²) >= 11 is 0. The Labute approximate surface area is 189 Å². The molecule has 1 amide bonds. The van der Waals surface area contributed by atoms with Gasteiger partial charge in [-0.25, -0.2) is 17.2 Å². The number of aromatic nitrogens is 1. The minimum absolute atomic E-state index is 0.108. The number of amides is 1. The molecule has 0 aliphatic rings. The minimum Gasteiger partial charge on any atom is -0.497 e. The van der Waals surface area contributed by atoms with Crippen LogP contribution in [0.1, 0.15) is 26.3 Å². The quantitative estimate of drug-likeness (QED) is 0.534. The van der Waals surface area contributed by atoms with Gasteiger partial charge in [0.25, 0.3) is 10.0 Å². The first-order chi connectivity index (χ1) is 15.0. The lowest BCUT2D eigenvalue weighted by Crippen LogP contribution is -2.33. The van der Waals surface area contributed by atoms with E-state index in [4.69, 9.17) is 9.47 Å². The van der Waals surface area contributed by atoms with Crippen LogP contribution in [0.2, 0.25) is 0 Å². The van der Waals surface area contributed by atoms with Crippen LogP contribution in [-0.4, -0.2) is 43.1 Å². The maximum absolute atomic E-state index is 13.5. The average Bonchev–Trinajstić information content (AvgIpc) is 3.18. The molecule has 0 unspecified atom stereocenters. The molecule has 0 aliphatic carbocycles. The largest absolute Gasteiger partial charge is 0.497 e. The van der Waals surface area contributed by atoms with E-state index in [9.17, 15) is 13.2 Å². The van der Waals surface area contributed by atoms with Gasteiger partial charge < -0.3 is 14.4 Å². The lowest BCUT2D eigenvalue weighted by Gasteiger charge is -2.24. The lowest BCUT2D eigenvalue weighted by molar-refractivity contribution is 0.0285. The van der Waals surface area contributed by atoms with Crippen molar-refractivity contribution < 1.29 is 22.7 Å². The summed E-state index contributed by atoms with van der Waals surface area (Å²) in [6.07, 6.45) is 1.06. The zero-order valence-electron chi connectivity index (χ0n) is 18.9. The minimum atomic E-state index is -3.91. The molecular formula is C24H28N2O5S. The molecule has 0 fully saturated rings. The number of rotatable bonds is 6. The predicted octanol–water partition coefficient (Wildman–Crippen LogP) is 4.77. The van der Waals surface area contributed by atoms with Gasteiger partial charge in [-0.3, -0.25) is 0 Å². The van der Waals surface area contributed by atoms with E-state index >= 15 is 0 Å². The van der Waals surface area contributed by atoms with E-state index in [2.05, 4.69) is 0 Å². The lowest BCUT2D eigenvalue weighted by atomic mass is 10.1. The number of methoxy groups -OCH3 is 1. The van der Waals surface area contributed by atoms with E-state index < -0.39 is 21.7 Å². The molecule has 0 aliphatic heterocycles. The molecule has 1 aromatic heterocycles. The molecule has 1 heterocycles. The van der Waals surface area contributed by atoms with Crippen LogP contribution in [0.15, 0.2) is 71.8 Å². The third kappa shape index (κ3) is 5.31. The van der Waals surface area contributed by atoms with Crippen molar-refractivity contribution in [2.45, 2.75) is 37.8 Å². The molecule has 8 heteroatoms. The van der Waals surface area contributed by atoms with Crippen LogP contribution in [0.5, 0.6) is 5.75 Å². The summed E-state index contributed by atoms with van der Waals surface area (Å²) < 4.78 is 38.9. The van der Waals surface area contributed by atoms with Crippen molar-refractivity contribution in [3.05, 3.63) is 72.4 Å². The van der Waals surface area contributed by atoms with Crippen LogP contribution in [0.3, 0.4) is 0 Å². The SMILES string of the molecule is COc1cccc(S(=O)(=O)n2cc(CN(C)C(=O)OC(C)(C)C)cc2-c2ccccc2)c1. The van der Waals surface area contributed by atoms with Gasteiger partial charge in [0.1, 0.15) is 11.4 Å². The third-order valence-electron chi connectivity index (χ3n) is 4.64. The van der Waals surface area contributed by atoms with Crippen molar-refractivity contribution in [1.29, 1.82) is 0 Å². The molecule has 0 saturated heterocycles. The van der Waals surface area contributed by atoms with Gasteiger partial charge >= 0.3 is 6.09 Å². The summed E-state index contributed by atoms with van der Waals surface area (Å²) in [5, 5.41) is 0. The number of nitrogens with zero attached hydrogens (tertiary/aromatic N) is 2. The monoisotopic (exact) mass is 456 g/mol. The summed E-state index contributed by atoms with van der Waals surface area (Å²) in [6, 6.07) is 17.3. The summed E-state index contributed by atoms with van der Waals surface area (Å²) in [6.45, 7) is 5.58. The Morgan fingerprint density at radius 3 is 2.34 bits per heavy atom. The number of carbonyl (C=O) groups excluding carboxylic acids is 1. The second-order valence-electron chi connectivity index (χ2n) is 8.42. The van der Waals surface area contributed by atoms with Gasteiger partial charge in [-0.2, -0.15) is 0 Å². The number of benzene rings is 2. The van der Waals surface area contributed by atoms with Crippen LogP contribution < -0.4 is 4.74 Å². The molecular weight excluding hydrogens is 428 g/mol. The van der Waals surface area contributed by atoms with E-state index in [1.54, 1.807) is 46.0 Å². The molecule has 3 aromatic rings. The van der Waals surface area contributed by atoms with Crippen LogP contribution in [0.25, 0.3) is 11.3 Å². The summed E-state index contributed by atoms with van der Waals surface area (Å²) in [7, 11) is -0.810. The third-order valence-corrected chi connectivity index (χ3v) is 6.30. The Morgan fingerprint density at radius 1 is 1.03 bits per heavy atom. The zero-order valence-corrected chi connectivity index (χ0v) is 19.7. The first-order valence-corrected chi connectivity index (χ1v) is 11.6. The normalized spacial score (nSPS) is 11.8. The molecule has 0 radical (unpaired) electrons. The van der Waals surface area contributed by atoms with Crippen molar-refractivity contribution in [2.24, 2.45) is 0 Å². The van der Waals surface area contributed by atoms with Gasteiger partial charge in [0.15, 0.2) is 0 Å². The fourth-order valence-corrected chi connectivity index (χ4v) is 4.59. The smallest absolute Gasteiger partial charge is 0.410 e. The van der Waals surface area contributed by atoms with Gasteiger partial charge in [-0.1, -0.05) is 36.4 Å². The Balaban J connectivity index is 2.03. The van der Waals surface area contributed by atoms with Gasteiger partial charge in [0.05, 0.1) is 24.2 Å². The Morgan fingerprint density at radius 2 is 1.72 bits per heavy atom. The van der Waals surface area contributed by atoms with Crippen molar-refractivity contribution in [1.82, 2.24) is 8.87 Å². The van der Waals surface area contributed by atoms with Crippen LogP contribution >= 0.6 is 0 Å². The molecule has 7 nitrogen and oxygen atoms in total. The molecule has 0 bridgehead atoms. The van der Waals surface area contributed by atoms with Crippen molar-refractivity contribution >= 4 is 16.1 Å². The Hall–Kier alpha value is -3.26. The molecule has 0 saturated carbocycles. The van der Waals surface area contributed by atoms with Gasteiger partial charge in [-0.15, -0.1) is 0 Å². The van der Waals surface area contributed by atoms with E-state index in [-0.39, 0.29) is 11.4 Å². The first kappa shape index (κ1) is 23.4. The Bertz CT molecular complexity index is 1190. The number of ether oxygens (including phenoxy) is 2. The Kier molecular flexibility index (Phi) is 6.64. The fraction of sp³-hybridized carbons (Fsp3) is 0.292. The van der Waals surface area contributed by atoms with Gasteiger partial charge in [0.2, 0.25) is 0 Å². The van der Waals surface area contributed by atoms with Crippen molar-refractivity contribution in [2.75, 3.05) is 14.2 Å². The highest BCUT2D eigenvalue weighted by Gasteiger charge is 2.24. The van der Waals surface area contributed by atoms with E-state index in [1.165, 1.54) is 34.3 Å². The van der Waals surface area contributed by atoms with Crippen LogP contribution in [-0.2, 0) is 21.3 Å². The second-order valence-corrected chi connectivity index (χ2v) is 10.2. The van der Waals surface area contributed by atoms with Gasteiger partial charge in [-0.05, 0) is 50.1 Å². The summed E-state index contributed by atoms with van der Waals surface area (Å²) in [4.78, 5) is 13.9. The molecule has 3 rings (SSSR count). The number of carbonyl (C=O) groups is 1.